The molecule has 19 heavy (non-hydrogen) atoms. The van der Waals surface area contributed by atoms with Crippen LogP contribution in [-0.4, -0.2) is 30.8 Å². The first-order valence-electron chi connectivity index (χ1n) is 5.57. The van der Waals surface area contributed by atoms with Gasteiger partial charge in [0, 0.05) is 0 Å². The van der Waals surface area contributed by atoms with Crippen LogP contribution in [0.2, 0.25) is 0 Å². The molecule has 0 atom stereocenters. The first-order valence-corrected chi connectivity index (χ1v) is 5.57. The van der Waals surface area contributed by atoms with Crippen molar-refractivity contribution >= 4 is 22.7 Å². The van der Waals surface area contributed by atoms with Gasteiger partial charge in [0.15, 0.2) is 6.61 Å². The van der Waals surface area contributed by atoms with Crippen molar-refractivity contribution in [3.8, 4) is 5.75 Å². The minimum atomic E-state index is -0.965. The molecule has 0 aliphatic carbocycles. The standard InChI is InChI=1S/C14H12O5/c1-18-13(15)8-19-12-5-4-9-6-11(14(16)17)3-2-10(9)7-12/h2-7H,8H2,1H3,(H,16,17). The van der Waals surface area contributed by atoms with Gasteiger partial charge in [0.05, 0.1) is 12.7 Å². The summed E-state index contributed by atoms with van der Waals surface area (Å²) in [4.78, 5) is 21.8. The smallest absolute Gasteiger partial charge is 0.343 e. The lowest BCUT2D eigenvalue weighted by Crippen LogP contribution is -2.12. The van der Waals surface area contributed by atoms with E-state index in [0.717, 1.165) is 10.8 Å². The van der Waals surface area contributed by atoms with Gasteiger partial charge in [-0.25, -0.2) is 9.59 Å². The Balaban J connectivity index is 2.24. The maximum absolute atomic E-state index is 11.0. The van der Waals surface area contributed by atoms with Gasteiger partial charge in [0.1, 0.15) is 5.75 Å². The van der Waals surface area contributed by atoms with E-state index in [1.165, 1.54) is 13.2 Å². The zero-order valence-corrected chi connectivity index (χ0v) is 10.3. The molecule has 0 aromatic heterocycles. The summed E-state index contributed by atoms with van der Waals surface area (Å²) in [5, 5.41) is 10.5. The normalized spacial score (nSPS) is 10.2. The maximum Gasteiger partial charge on any atom is 0.343 e. The van der Waals surface area contributed by atoms with Crippen LogP contribution in [0.1, 0.15) is 10.4 Å². The largest absolute Gasteiger partial charge is 0.482 e. The summed E-state index contributed by atoms with van der Waals surface area (Å²) in [5.41, 5.74) is 0.232. The number of hydrogen-bond acceptors (Lipinski definition) is 4. The lowest BCUT2D eigenvalue weighted by molar-refractivity contribution is -0.142. The van der Waals surface area contributed by atoms with Crippen LogP contribution in [0.15, 0.2) is 36.4 Å². The fourth-order valence-electron chi connectivity index (χ4n) is 1.65. The second kappa shape index (κ2) is 5.39. The first kappa shape index (κ1) is 12.9. The molecule has 5 heteroatoms. The molecule has 0 fully saturated rings. The Kier molecular flexibility index (Phi) is 3.66. The van der Waals surface area contributed by atoms with E-state index in [-0.39, 0.29) is 12.2 Å². The van der Waals surface area contributed by atoms with Crippen LogP contribution in [0.25, 0.3) is 10.8 Å². The number of methoxy groups -OCH3 is 1. The molecular weight excluding hydrogens is 248 g/mol. The number of ether oxygens (including phenoxy) is 2. The number of aromatic carboxylic acids is 1. The number of carbonyl (C=O) groups is 2. The molecule has 1 N–H and O–H groups in total. The minimum Gasteiger partial charge on any atom is -0.482 e. The summed E-state index contributed by atoms with van der Waals surface area (Å²) < 4.78 is 9.73. The molecule has 2 aromatic carbocycles. The quantitative estimate of drug-likeness (QED) is 0.852. The number of rotatable bonds is 4. The molecule has 5 nitrogen and oxygen atoms in total. The van der Waals surface area contributed by atoms with Crippen LogP contribution in [-0.2, 0) is 9.53 Å². The average molecular weight is 260 g/mol. The second-order valence-corrected chi connectivity index (χ2v) is 3.89. The molecule has 2 aromatic rings. The Morgan fingerprint density at radius 1 is 1.11 bits per heavy atom. The van der Waals surface area contributed by atoms with Gasteiger partial charge >= 0.3 is 11.9 Å². The van der Waals surface area contributed by atoms with E-state index in [2.05, 4.69) is 4.74 Å². The Hall–Kier alpha value is -2.56. The first-order chi connectivity index (χ1) is 9.10. The molecule has 0 unspecified atom stereocenters. The molecule has 0 saturated heterocycles. The van der Waals surface area contributed by atoms with E-state index in [1.54, 1.807) is 30.3 Å². The summed E-state index contributed by atoms with van der Waals surface area (Å²) in [5.74, 6) is -0.893. The lowest BCUT2D eigenvalue weighted by Gasteiger charge is -2.06. The van der Waals surface area contributed by atoms with E-state index < -0.39 is 11.9 Å². The number of carboxylic acid groups (broad SMARTS) is 1. The minimum absolute atomic E-state index is 0.158. The summed E-state index contributed by atoms with van der Waals surface area (Å²) in [6.45, 7) is -0.158. The molecule has 0 aliphatic rings. The van der Waals surface area contributed by atoms with E-state index in [4.69, 9.17) is 9.84 Å². The molecule has 0 aliphatic heterocycles. The fourth-order valence-corrected chi connectivity index (χ4v) is 1.65. The lowest BCUT2D eigenvalue weighted by atomic mass is 10.1. The van der Waals surface area contributed by atoms with Gasteiger partial charge in [-0.05, 0) is 35.0 Å². The van der Waals surface area contributed by atoms with Gasteiger partial charge in [-0.3, -0.25) is 0 Å². The highest BCUT2D eigenvalue weighted by atomic mass is 16.6. The number of benzene rings is 2. The molecule has 0 radical (unpaired) electrons. The molecule has 2 rings (SSSR count). The fraction of sp³-hybridized carbons (Fsp3) is 0.143. The Morgan fingerprint density at radius 3 is 2.47 bits per heavy atom. The van der Waals surface area contributed by atoms with Gasteiger partial charge in [-0.1, -0.05) is 12.1 Å². The predicted octanol–water partition coefficient (Wildman–Crippen LogP) is 2.09. The van der Waals surface area contributed by atoms with Crippen molar-refractivity contribution in [2.45, 2.75) is 0 Å². The van der Waals surface area contributed by atoms with Crippen LogP contribution in [0.4, 0.5) is 0 Å². The molecule has 98 valence electrons. The number of hydrogen-bond donors (Lipinski definition) is 1. The average Bonchev–Trinajstić information content (AvgIpc) is 2.43. The third-order valence-electron chi connectivity index (χ3n) is 2.64. The topological polar surface area (TPSA) is 72.8 Å². The monoisotopic (exact) mass is 260 g/mol. The highest BCUT2D eigenvalue weighted by Gasteiger charge is 2.05. The van der Waals surface area contributed by atoms with Gasteiger partial charge in [0.2, 0.25) is 0 Å². The molecule has 0 bridgehead atoms. The van der Waals surface area contributed by atoms with Crippen LogP contribution >= 0.6 is 0 Å². The van der Waals surface area contributed by atoms with Crippen molar-refractivity contribution in [2.75, 3.05) is 13.7 Å². The van der Waals surface area contributed by atoms with E-state index >= 15 is 0 Å². The highest BCUT2D eigenvalue weighted by Crippen LogP contribution is 2.22. The van der Waals surface area contributed by atoms with Gasteiger partial charge in [-0.2, -0.15) is 0 Å². The third kappa shape index (κ3) is 3.01. The van der Waals surface area contributed by atoms with Crippen molar-refractivity contribution in [3.05, 3.63) is 42.0 Å². The number of carboxylic acids is 1. The maximum atomic E-state index is 11.0. The van der Waals surface area contributed by atoms with Crippen molar-refractivity contribution in [1.82, 2.24) is 0 Å². The molecule has 0 spiro atoms. The van der Waals surface area contributed by atoms with Crippen molar-refractivity contribution in [3.63, 3.8) is 0 Å². The highest BCUT2D eigenvalue weighted by molar-refractivity contribution is 5.94. The number of esters is 1. The SMILES string of the molecule is COC(=O)COc1ccc2cc(C(=O)O)ccc2c1. The van der Waals surface area contributed by atoms with Gasteiger partial charge in [-0.15, -0.1) is 0 Å². The number of carbonyl (C=O) groups excluding carboxylic acids is 1. The van der Waals surface area contributed by atoms with Crippen molar-refractivity contribution < 1.29 is 24.2 Å². The Bertz CT molecular complexity index is 633. The van der Waals surface area contributed by atoms with Crippen LogP contribution in [0.3, 0.4) is 0 Å². The van der Waals surface area contributed by atoms with E-state index in [0.29, 0.717) is 5.75 Å². The molecular formula is C14H12O5. The summed E-state index contributed by atoms with van der Waals surface area (Å²) in [6, 6.07) is 9.97. The molecule has 0 heterocycles. The van der Waals surface area contributed by atoms with Crippen molar-refractivity contribution in [2.24, 2.45) is 0 Å². The zero-order valence-electron chi connectivity index (χ0n) is 10.3. The Labute approximate surface area is 109 Å². The van der Waals surface area contributed by atoms with Crippen LogP contribution in [0, 0.1) is 0 Å². The molecule has 0 saturated carbocycles. The third-order valence-corrected chi connectivity index (χ3v) is 2.64. The van der Waals surface area contributed by atoms with Crippen molar-refractivity contribution in [1.29, 1.82) is 0 Å². The zero-order chi connectivity index (χ0) is 13.8. The van der Waals surface area contributed by atoms with Crippen LogP contribution < -0.4 is 4.74 Å². The van der Waals surface area contributed by atoms with E-state index in [1.807, 2.05) is 0 Å². The van der Waals surface area contributed by atoms with Gasteiger partial charge < -0.3 is 14.6 Å². The van der Waals surface area contributed by atoms with E-state index in [9.17, 15) is 9.59 Å². The molecule has 0 amide bonds. The predicted molar refractivity (Wildman–Crippen MR) is 68.4 cm³/mol. The van der Waals surface area contributed by atoms with Crippen LogP contribution in [0.5, 0.6) is 5.75 Å². The number of fused-ring (bicyclic) bond motifs is 1. The second-order valence-electron chi connectivity index (χ2n) is 3.89. The van der Waals surface area contributed by atoms with Gasteiger partial charge in [0.25, 0.3) is 0 Å². The summed E-state index contributed by atoms with van der Waals surface area (Å²) in [6.07, 6.45) is 0. The Morgan fingerprint density at radius 2 is 1.79 bits per heavy atom. The summed E-state index contributed by atoms with van der Waals surface area (Å²) in [7, 11) is 1.29. The summed E-state index contributed by atoms with van der Waals surface area (Å²) >= 11 is 0.